The van der Waals surface area contributed by atoms with Crippen LogP contribution >= 0.6 is 0 Å². The van der Waals surface area contributed by atoms with Crippen molar-refractivity contribution in [1.29, 1.82) is 0 Å². The Hall–Kier alpha value is -1.88. The number of nitrogens with zero attached hydrogens (tertiary/aromatic N) is 2. The highest BCUT2D eigenvalue weighted by molar-refractivity contribution is 5.95. The quantitative estimate of drug-likeness (QED) is 0.873. The lowest BCUT2D eigenvalue weighted by molar-refractivity contribution is -0.140. The topological polar surface area (TPSA) is 60.9 Å². The molecule has 21 heavy (non-hydrogen) atoms. The molecule has 0 atom stereocenters. The first-order valence-electron chi connectivity index (χ1n) is 7.08. The highest BCUT2D eigenvalue weighted by atomic mass is 16.4. The number of carboxylic acids is 1. The third-order valence-electron chi connectivity index (χ3n) is 3.29. The zero-order valence-electron chi connectivity index (χ0n) is 13.2. The maximum atomic E-state index is 12.5. The van der Waals surface area contributed by atoms with Gasteiger partial charge in [-0.15, -0.1) is 0 Å². The van der Waals surface area contributed by atoms with Gasteiger partial charge < -0.3 is 10.0 Å². The van der Waals surface area contributed by atoms with Crippen molar-refractivity contribution in [2.24, 2.45) is 0 Å². The lowest BCUT2D eigenvalue weighted by Crippen LogP contribution is -2.50. The van der Waals surface area contributed by atoms with E-state index in [4.69, 9.17) is 5.11 Å². The first-order valence-corrected chi connectivity index (χ1v) is 7.08. The highest BCUT2D eigenvalue weighted by Gasteiger charge is 2.27. The maximum Gasteiger partial charge on any atom is 0.317 e. The summed E-state index contributed by atoms with van der Waals surface area (Å²) in [6.45, 7) is 8.10. The molecule has 0 spiro atoms. The second-order valence-corrected chi connectivity index (χ2v) is 5.89. The summed E-state index contributed by atoms with van der Waals surface area (Å²) >= 11 is 0. The van der Waals surface area contributed by atoms with Gasteiger partial charge in [0.1, 0.15) is 0 Å². The van der Waals surface area contributed by atoms with Crippen molar-refractivity contribution in [3.8, 4) is 0 Å². The molecular weight excluding hydrogens is 268 g/mol. The standard InChI is InChI=1S/C16H24N2O3/c1-5-18(13-9-7-6-8-10-13)14(19)11-17(12-15(20)21)16(2,3)4/h6-10H,5,11-12H2,1-4H3,(H,20,21). The lowest BCUT2D eigenvalue weighted by Gasteiger charge is -2.35. The zero-order valence-corrected chi connectivity index (χ0v) is 13.2. The molecule has 1 aromatic rings. The average Bonchev–Trinajstić information content (AvgIpc) is 2.38. The van der Waals surface area contributed by atoms with Crippen LogP contribution in [0.3, 0.4) is 0 Å². The van der Waals surface area contributed by atoms with Crippen LogP contribution in [-0.2, 0) is 9.59 Å². The number of aliphatic carboxylic acids is 1. The Morgan fingerprint density at radius 2 is 1.67 bits per heavy atom. The van der Waals surface area contributed by atoms with E-state index in [-0.39, 0.29) is 24.5 Å². The summed E-state index contributed by atoms with van der Waals surface area (Å²) in [5, 5.41) is 9.01. The molecule has 0 fully saturated rings. The Balaban J connectivity index is 2.87. The van der Waals surface area contributed by atoms with Gasteiger partial charge in [-0.25, -0.2) is 0 Å². The summed E-state index contributed by atoms with van der Waals surface area (Å²) in [7, 11) is 0. The molecule has 0 aliphatic rings. The van der Waals surface area contributed by atoms with Crippen LogP contribution in [0.5, 0.6) is 0 Å². The third kappa shape index (κ3) is 5.19. The molecule has 0 saturated heterocycles. The van der Waals surface area contributed by atoms with Gasteiger partial charge in [0, 0.05) is 17.8 Å². The minimum Gasteiger partial charge on any atom is -0.480 e. The summed E-state index contributed by atoms with van der Waals surface area (Å²) in [5.41, 5.74) is 0.443. The Bertz CT molecular complexity index is 480. The number of anilines is 1. The van der Waals surface area contributed by atoms with Gasteiger partial charge in [0.15, 0.2) is 0 Å². The maximum absolute atomic E-state index is 12.5. The van der Waals surface area contributed by atoms with E-state index in [1.807, 2.05) is 58.0 Å². The summed E-state index contributed by atoms with van der Waals surface area (Å²) in [4.78, 5) is 26.8. The first kappa shape index (κ1) is 17.2. The molecule has 0 aliphatic carbocycles. The van der Waals surface area contributed by atoms with Crippen molar-refractivity contribution in [1.82, 2.24) is 4.90 Å². The van der Waals surface area contributed by atoms with Crippen LogP contribution in [0, 0.1) is 0 Å². The van der Waals surface area contributed by atoms with Gasteiger partial charge in [0.2, 0.25) is 5.91 Å². The SMILES string of the molecule is CCN(C(=O)CN(CC(=O)O)C(C)(C)C)c1ccccc1. The van der Waals surface area contributed by atoms with Crippen LogP contribution in [0.25, 0.3) is 0 Å². The summed E-state index contributed by atoms with van der Waals surface area (Å²) in [6, 6.07) is 9.40. The van der Waals surface area contributed by atoms with E-state index in [0.717, 1.165) is 5.69 Å². The van der Waals surface area contributed by atoms with Crippen molar-refractivity contribution in [2.45, 2.75) is 33.2 Å². The monoisotopic (exact) mass is 292 g/mol. The molecule has 0 aromatic heterocycles. The summed E-state index contributed by atoms with van der Waals surface area (Å²) < 4.78 is 0. The summed E-state index contributed by atoms with van der Waals surface area (Å²) in [6.07, 6.45) is 0. The average molecular weight is 292 g/mol. The number of amides is 1. The van der Waals surface area contributed by atoms with Crippen molar-refractivity contribution >= 4 is 17.6 Å². The smallest absolute Gasteiger partial charge is 0.317 e. The number of carboxylic acid groups (broad SMARTS) is 1. The molecule has 5 nitrogen and oxygen atoms in total. The Morgan fingerprint density at radius 1 is 1.10 bits per heavy atom. The minimum absolute atomic E-state index is 0.0819. The summed E-state index contributed by atoms with van der Waals surface area (Å²) in [5.74, 6) is -1.03. The second kappa shape index (κ2) is 7.22. The number of rotatable bonds is 6. The van der Waals surface area contributed by atoms with E-state index in [9.17, 15) is 9.59 Å². The molecule has 0 unspecified atom stereocenters. The fourth-order valence-electron chi connectivity index (χ4n) is 2.05. The lowest BCUT2D eigenvalue weighted by atomic mass is 10.1. The van der Waals surface area contributed by atoms with E-state index < -0.39 is 5.97 Å². The van der Waals surface area contributed by atoms with E-state index in [0.29, 0.717) is 6.54 Å². The van der Waals surface area contributed by atoms with Crippen LogP contribution in [-0.4, -0.2) is 47.1 Å². The van der Waals surface area contributed by atoms with E-state index in [2.05, 4.69) is 0 Å². The van der Waals surface area contributed by atoms with Crippen molar-refractivity contribution in [3.05, 3.63) is 30.3 Å². The van der Waals surface area contributed by atoms with Gasteiger partial charge in [-0.2, -0.15) is 0 Å². The molecular formula is C16H24N2O3. The van der Waals surface area contributed by atoms with Gasteiger partial charge >= 0.3 is 5.97 Å². The number of carbonyl (C=O) groups is 2. The molecule has 0 aliphatic heterocycles. The first-order chi connectivity index (χ1) is 9.75. The number of benzene rings is 1. The van der Waals surface area contributed by atoms with Gasteiger partial charge in [0.05, 0.1) is 13.1 Å². The van der Waals surface area contributed by atoms with E-state index >= 15 is 0 Å². The predicted octanol–water partition coefficient (Wildman–Crippen LogP) is 2.22. The number of para-hydroxylation sites is 1. The molecule has 0 radical (unpaired) electrons. The molecule has 1 amide bonds. The Morgan fingerprint density at radius 3 is 2.10 bits per heavy atom. The number of hydrogen-bond acceptors (Lipinski definition) is 3. The van der Waals surface area contributed by atoms with Gasteiger partial charge in [-0.3, -0.25) is 14.5 Å². The van der Waals surface area contributed by atoms with Gasteiger partial charge in [-0.1, -0.05) is 18.2 Å². The van der Waals surface area contributed by atoms with Crippen LogP contribution in [0.15, 0.2) is 30.3 Å². The molecule has 1 N–H and O–H groups in total. The van der Waals surface area contributed by atoms with Crippen molar-refractivity contribution in [3.63, 3.8) is 0 Å². The number of carbonyl (C=O) groups excluding carboxylic acids is 1. The Labute approximate surface area is 126 Å². The van der Waals surface area contributed by atoms with Crippen LogP contribution in [0.2, 0.25) is 0 Å². The molecule has 0 saturated carbocycles. The van der Waals surface area contributed by atoms with Crippen molar-refractivity contribution < 1.29 is 14.7 Å². The predicted molar refractivity (Wildman–Crippen MR) is 83.4 cm³/mol. The van der Waals surface area contributed by atoms with Crippen LogP contribution < -0.4 is 4.90 Å². The van der Waals surface area contributed by atoms with Gasteiger partial charge in [0.25, 0.3) is 0 Å². The number of likely N-dealkylation sites (N-methyl/N-ethyl adjacent to an activating group) is 1. The Kier molecular flexibility index (Phi) is 5.90. The highest BCUT2D eigenvalue weighted by Crippen LogP contribution is 2.17. The van der Waals surface area contributed by atoms with E-state index in [1.165, 1.54) is 0 Å². The normalized spacial score (nSPS) is 11.5. The van der Waals surface area contributed by atoms with Crippen LogP contribution in [0.4, 0.5) is 5.69 Å². The largest absolute Gasteiger partial charge is 0.480 e. The second-order valence-electron chi connectivity index (χ2n) is 5.89. The third-order valence-corrected chi connectivity index (χ3v) is 3.29. The molecule has 0 heterocycles. The minimum atomic E-state index is -0.930. The fourth-order valence-corrected chi connectivity index (χ4v) is 2.05. The molecule has 1 aromatic carbocycles. The van der Waals surface area contributed by atoms with E-state index in [1.54, 1.807) is 9.80 Å². The molecule has 116 valence electrons. The fraction of sp³-hybridized carbons (Fsp3) is 0.500. The van der Waals surface area contributed by atoms with Crippen LogP contribution in [0.1, 0.15) is 27.7 Å². The number of hydrogen-bond donors (Lipinski definition) is 1. The molecule has 1 rings (SSSR count). The molecule has 0 bridgehead atoms. The van der Waals surface area contributed by atoms with Gasteiger partial charge in [-0.05, 0) is 39.8 Å². The molecule has 5 heteroatoms. The zero-order chi connectivity index (χ0) is 16.0. The van der Waals surface area contributed by atoms with Crippen molar-refractivity contribution in [2.75, 3.05) is 24.5 Å².